The number of hydrogen-bond acceptors (Lipinski definition) is 1. The summed E-state index contributed by atoms with van der Waals surface area (Å²) in [6.45, 7) is 4.21. The number of furan rings is 1. The lowest BCUT2D eigenvalue weighted by molar-refractivity contribution is 0.567. The van der Waals surface area contributed by atoms with Crippen molar-refractivity contribution in [3.05, 3.63) is 60.1 Å². The number of hydrogen-bond donors (Lipinski definition) is 0. The number of rotatable bonds is 0. The van der Waals surface area contributed by atoms with Crippen molar-refractivity contribution in [3.8, 4) is 0 Å². The second kappa shape index (κ2) is 5.20. The lowest BCUT2D eigenvalue weighted by atomic mass is 10.2. The molecule has 2 rings (SSSR count). The lowest BCUT2D eigenvalue weighted by Gasteiger charge is -1.90. The molecule has 0 spiro atoms. The Balaban J connectivity index is 0.000000145. The number of aryl methyl sites for hydroxylation is 2. The minimum atomic E-state index is 1.34. The third-order valence-electron chi connectivity index (χ3n) is 1.60. The fourth-order valence-corrected chi connectivity index (χ4v) is 1.03. The van der Waals surface area contributed by atoms with Crippen LogP contribution in [0.15, 0.2) is 53.3 Å². The smallest absolute Gasteiger partial charge is 0.0902 e. The summed E-state index contributed by atoms with van der Waals surface area (Å²) in [5.41, 5.74) is 2.68. The SMILES string of the molecule is Cc1cccc(C)c1.c1ccoc1. The van der Waals surface area contributed by atoms with Crippen LogP contribution >= 0.6 is 0 Å². The quantitative estimate of drug-likeness (QED) is 0.595. The van der Waals surface area contributed by atoms with Gasteiger partial charge in [-0.1, -0.05) is 35.4 Å². The lowest BCUT2D eigenvalue weighted by Crippen LogP contribution is -1.71. The largest absolute Gasteiger partial charge is 0.473 e. The minimum Gasteiger partial charge on any atom is -0.473 e. The highest BCUT2D eigenvalue weighted by Gasteiger charge is 1.80. The summed E-state index contributed by atoms with van der Waals surface area (Å²) >= 11 is 0. The van der Waals surface area contributed by atoms with E-state index in [1.54, 1.807) is 12.5 Å². The normalized spacial score (nSPS) is 8.77. The molecule has 0 fully saturated rings. The highest BCUT2D eigenvalue weighted by atomic mass is 16.3. The van der Waals surface area contributed by atoms with E-state index in [2.05, 4.69) is 42.5 Å². The van der Waals surface area contributed by atoms with E-state index in [0.717, 1.165) is 0 Å². The van der Waals surface area contributed by atoms with Crippen molar-refractivity contribution in [2.75, 3.05) is 0 Å². The molecule has 0 aliphatic carbocycles. The summed E-state index contributed by atoms with van der Waals surface area (Å²) in [4.78, 5) is 0. The zero-order valence-corrected chi connectivity index (χ0v) is 8.03. The molecule has 0 saturated heterocycles. The van der Waals surface area contributed by atoms with Gasteiger partial charge in [-0.2, -0.15) is 0 Å². The second-order valence-corrected chi connectivity index (χ2v) is 2.95. The van der Waals surface area contributed by atoms with Crippen molar-refractivity contribution in [1.29, 1.82) is 0 Å². The Morgan fingerprint density at radius 2 is 1.38 bits per heavy atom. The molecule has 1 heterocycles. The van der Waals surface area contributed by atoms with Gasteiger partial charge in [-0.25, -0.2) is 0 Å². The van der Waals surface area contributed by atoms with Crippen molar-refractivity contribution >= 4 is 0 Å². The molecule has 0 unspecified atom stereocenters. The molecule has 1 aromatic heterocycles. The average Bonchev–Trinajstić information content (AvgIpc) is 2.59. The van der Waals surface area contributed by atoms with E-state index >= 15 is 0 Å². The van der Waals surface area contributed by atoms with Crippen LogP contribution in [0.1, 0.15) is 11.1 Å². The van der Waals surface area contributed by atoms with Gasteiger partial charge < -0.3 is 4.42 Å². The highest BCUT2D eigenvalue weighted by Crippen LogP contribution is 2.00. The van der Waals surface area contributed by atoms with Crippen molar-refractivity contribution in [2.24, 2.45) is 0 Å². The molecular weight excluding hydrogens is 160 g/mol. The maximum absolute atomic E-state index is 4.58. The summed E-state index contributed by atoms with van der Waals surface area (Å²) in [6.07, 6.45) is 3.25. The molecule has 0 bridgehead atoms. The molecule has 2 aromatic rings. The van der Waals surface area contributed by atoms with E-state index in [1.807, 2.05) is 12.1 Å². The summed E-state index contributed by atoms with van der Waals surface area (Å²) in [5, 5.41) is 0. The molecule has 0 atom stereocenters. The molecule has 0 amide bonds. The molecule has 1 nitrogen and oxygen atoms in total. The van der Waals surface area contributed by atoms with Gasteiger partial charge in [-0.05, 0) is 26.0 Å². The Hall–Kier alpha value is -1.50. The maximum Gasteiger partial charge on any atom is 0.0902 e. The Kier molecular flexibility index (Phi) is 3.83. The Labute approximate surface area is 79.0 Å². The van der Waals surface area contributed by atoms with E-state index in [4.69, 9.17) is 0 Å². The molecular formula is C12H14O. The molecule has 0 N–H and O–H groups in total. The first-order valence-corrected chi connectivity index (χ1v) is 4.29. The van der Waals surface area contributed by atoms with Crippen LogP contribution in [0, 0.1) is 13.8 Å². The summed E-state index contributed by atoms with van der Waals surface area (Å²) < 4.78 is 4.58. The first-order valence-electron chi connectivity index (χ1n) is 4.29. The van der Waals surface area contributed by atoms with Gasteiger partial charge in [-0.15, -0.1) is 0 Å². The van der Waals surface area contributed by atoms with Crippen LogP contribution in [-0.2, 0) is 0 Å². The molecule has 13 heavy (non-hydrogen) atoms. The molecule has 1 heteroatoms. The van der Waals surface area contributed by atoms with Crippen LogP contribution in [0.2, 0.25) is 0 Å². The number of benzene rings is 1. The van der Waals surface area contributed by atoms with Crippen LogP contribution in [0.4, 0.5) is 0 Å². The van der Waals surface area contributed by atoms with Gasteiger partial charge in [0, 0.05) is 0 Å². The molecule has 0 aliphatic rings. The summed E-state index contributed by atoms with van der Waals surface area (Å²) in [6, 6.07) is 12.1. The first kappa shape index (κ1) is 9.59. The summed E-state index contributed by atoms with van der Waals surface area (Å²) in [5.74, 6) is 0. The molecule has 0 saturated carbocycles. The van der Waals surface area contributed by atoms with Crippen LogP contribution in [-0.4, -0.2) is 0 Å². The van der Waals surface area contributed by atoms with Gasteiger partial charge in [0.2, 0.25) is 0 Å². The predicted molar refractivity (Wildman–Crippen MR) is 54.6 cm³/mol. The van der Waals surface area contributed by atoms with Gasteiger partial charge in [0.25, 0.3) is 0 Å². The van der Waals surface area contributed by atoms with Crippen LogP contribution in [0.25, 0.3) is 0 Å². The van der Waals surface area contributed by atoms with E-state index in [9.17, 15) is 0 Å². The average molecular weight is 174 g/mol. The van der Waals surface area contributed by atoms with Gasteiger partial charge in [0.1, 0.15) is 0 Å². The van der Waals surface area contributed by atoms with Crippen LogP contribution in [0.3, 0.4) is 0 Å². The van der Waals surface area contributed by atoms with E-state index in [-0.39, 0.29) is 0 Å². The first-order chi connectivity index (χ1) is 6.29. The zero-order chi connectivity index (χ0) is 9.52. The predicted octanol–water partition coefficient (Wildman–Crippen LogP) is 3.58. The minimum absolute atomic E-state index is 1.34. The second-order valence-electron chi connectivity index (χ2n) is 2.95. The molecule has 68 valence electrons. The van der Waals surface area contributed by atoms with Crippen LogP contribution < -0.4 is 0 Å². The van der Waals surface area contributed by atoms with Crippen molar-refractivity contribution in [2.45, 2.75) is 13.8 Å². The molecule has 1 aromatic carbocycles. The molecule has 0 aliphatic heterocycles. The summed E-state index contributed by atoms with van der Waals surface area (Å²) in [7, 11) is 0. The Morgan fingerprint density at radius 3 is 1.62 bits per heavy atom. The highest BCUT2D eigenvalue weighted by molar-refractivity contribution is 5.20. The van der Waals surface area contributed by atoms with Gasteiger partial charge in [0.15, 0.2) is 0 Å². The topological polar surface area (TPSA) is 13.1 Å². The van der Waals surface area contributed by atoms with E-state index in [1.165, 1.54) is 11.1 Å². The maximum atomic E-state index is 4.58. The van der Waals surface area contributed by atoms with Gasteiger partial charge in [0.05, 0.1) is 12.5 Å². The zero-order valence-electron chi connectivity index (χ0n) is 8.03. The van der Waals surface area contributed by atoms with Crippen LogP contribution in [0.5, 0.6) is 0 Å². The standard InChI is InChI=1S/C8H10.C4H4O/c1-7-4-3-5-8(2)6-7;1-2-4-5-3-1/h3-6H,1-2H3;1-4H. The fraction of sp³-hybridized carbons (Fsp3) is 0.167. The van der Waals surface area contributed by atoms with Gasteiger partial charge >= 0.3 is 0 Å². The molecule has 0 radical (unpaired) electrons. The fourth-order valence-electron chi connectivity index (χ4n) is 1.03. The van der Waals surface area contributed by atoms with Crippen molar-refractivity contribution < 1.29 is 4.42 Å². The Bertz CT molecular complexity index is 288. The van der Waals surface area contributed by atoms with Crippen molar-refractivity contribution in [1.82, 2.24) is 0 Å². The van der Waals surface area contributed by atoms with Crippen molar-refractivity contribution in [3.63, 3.8) is 0 Å². The van der Waals surface area contributed by atoms with Gasteiger partial charge in [-0.3, -0.25) is 0 Å². The van der Waals surface area contributed by atoms with E-state index < -0.39 is 0 Å². The monoisotopic (exact) mass is 174 g/mol. The Morgan fingerprint density at radius 1 is 0.846 bits per heavy atom. The third kappa shape index (κ3) is 4.16. The van der Waals surface area contributed by atoms with E-state index in [0.29, 0.717) is 0 Å². The third-order valence-corrected chi connectivity index (χ3v) is 1.60.